The van der Waals surface area contributed by atoms with Crippen LogP contribution in [0.4, 0.5) is 0 Å². The van der Waals surface area contributed by atoms with E-state index in [0.29, 0.717) is 34.2 Å². The second-order valence-corrected chi connectivity index (χ2v) is 7.03. The number of amides is 1. The van der Waals surface area contributed by atoms with Crippen molar-refractivity contribution in [3.8, 4) is 11.5 Å². The SMILES string of the molecule is CCOc1ccc(/C=C2\SC(=S)N(C3CC3)C2=O)cc1OCC. The molecule has 1 amide bonds. The molecule has 6 heteroatoms. The first-order valence-corrected chi connectivity index (χ1v) is 9.03. The fourth-order valence-electron chi connectivity index (χ4n) is 2.44. The van der Waals surface area contributed by atoms with Crippen LogP contribution in [0.1, 0.15) is 32.3 Å². The van der Waals surface area contributed by atoms with Crippen LogP contribution in [-0.4, -0.2) is 34.4 Å². The fraction of sp³-hybridized carbons (Fsp3) is 0.412. The van der Waals surface area contributed by atoms with Gasteiger partial charge in [-0.15, -0.1) is 0 Å². The number of thioether (sulfide) groups is 1. The number of benzene rings is 1. The molecule has 3 rings (SSSR count). The largest absolute Gasteiger partial charge is 0.490 e. The number of carbonyl (C=O) groups excluding carboxylic acids is 1. The number of hydrogen-bond acceptors (Lipinski definition) is 5. The van der Waals surface area contributed by atoms with Gasteiger partial charge in [-0.3, -0.25) is 9.69 Å². The number of ether oxygens (including phenoxy) is 2. The third-order valence-electron chi connectivity index (χ3n) is 3.60. The maximum Gasteiger partial charge on any atom is 0.266 e. The fourth-order valence-corrected chi connectivity index (χ4v) is 3.84. The number of thiocarbonyl (C=S) groups is 1. The van der Waals surface area contributed by atoms with Gasteiger partial charge in [-0.2, -0.15) is 0 Å². The minimum atomic E-state index is 0.0225. The van der Waals surface area contributed by atoms with Gasteiger partial charge in [-0.05, 0) is 50.5 Å². The molecule has 1 aromatic carbocycles. The van der Waals surface area contributed by atoms with Gasteiger partial charge in [0.2, 0.25) is 0 Å². The lowest BCUT2D eigenvalue weighted by Gasteiger charge is -2.12. The highest BCUT2D eigenvalue weighted by Crippen LogP contribution is 2.40. The van der Waals surface area contributed by atoms with Crippen LogP contribution < -0.4 is 9.47 Å². The van der Waals surface area contributed by atoms with Gasteiger partial charge in [-0.25, -0.2) is 0 Å². The van der Waals surface area contributed by atoms with Crippen LogP contribution in [0, 0.1) is 0 Å². The van der Waals surface area contributed by atoms with E-state index < -0.39 is 0 Å². The third-order valence-corrected chi connectivity index (χ3v) is 4.93. The van der Waals surface area contributed by atoms with E-state index in [1.807, 2.05) is 38.1 Å². The highest BCUT2D eigenvalue weighted by atomic mass is 32.2. The molecule has 0 bridgehead atoms. The average Bonchev–Trinajstić information content (AvgIpc) is 3.30. The van der Waals surface area contributed by atoms with E-state index in [1.54, 1.807) is 4.90 Å². The van der Waals surface area contributed by atoms with Gasteiger partial charge < -0.3 is 9.47 Å². The highest BCUT2D eigenvalue weighted by molar-refractivity contribution is 8.26. The van der Waals surface area contributed by atoms with Crippen LogP contribution in [0.2, 0.25) is 0 Å². The second-order valence-electron chi connectivity index (χ2n) is 5.36. The van der Waals surface area contributed by atoms with Crippen LogP contribution in [0.3, 0.4) is 0 Å². The summed E-state index contributed by atoms with van der Waals surface area (Å²) >= 11 is 6.71. The molecule has 1 aliphatic heterocycles. The standard InChI is InChI=1S/C17H19NO3S2/c1-3-20-13-8-5-11(9-14(13)21-4-2)10-15-16(19)18(12-6-7-12)17(22)23-15/h5,8-10,12H,3-4,6-7H2,1-2H3/b15-10-. The summed E-state index contributed by atoms with van der Waals surface area (Å²) in [4.78, 5) is 14.9. The second kappa shape index (κ2) is 6.93. The molecule has 4 nitrogen and oxygen atoms in total. The molecule has 0 N–H and O–H groups in total. The van der Waals surface area contributed by atoms with Gasteiger partial charge in [-0.1, -0.05) is 30.0 Å². The van der Waals surface area contributed by atoms with E-state index in [9.17, 15) is 4.79 Å². The summed E-state index contributed by atoms with van der Waals surface area (Å²) in [5.41, 5.74) is 0.910. The van der Waals surface area contributed by atoms with E-state index in [1.165, 1.54) is 11.8 Å². The van der Waals surface area contributed by atoms with Crippen molar-refractivity contribution in [2.24, 2.45) is 0 Å². The molecule has 0 atom stereocenters. The maximum absolute atomic E-state index is 12.5. The molecule has 1 aliphatic carbocycles. The molecule has 23 heavy (non-hydrogen) atoms. The van der Waals surface area contributed by atoms with Crippen LogP contribution in [-0.2, 0) is 4.79 Å². The highest BCUT2D eigenvalue weighted by Gasteiger charge is 2.41. The average molecular weight is 349 g/mol. The summed E-state index contributed by atoms with van der Waals surface area (Å²) < 4.78 is 11.9. The summed E-state index contributed by atoms with van der Waals surface area (Å²) in [7, 11) is 0. The predicted octanol–water partition coefficient (Wildman–Crippen LogP) is 3.85. The first-order valence-electron chi connectivity index (χ1n) is 7.80. The summed E-state index contributed by atoms with van der Waals surface area (Å²) in [6.45, 7) is 5.02. The van der Waals surface area contributed by atoms with Crippen molar-refractivity contribution in [2.75, 3.05) is 13.2 Å². The zero-order valence-corrected chi connectivity index (χ0v) is 14.8. The summed E-state index contributed by atoms with van der Waals surface area (Å²) in [6.07, 6.45) is 3.98. The molecule has 122 valence electrons. The molecular weight excluding hydrogens is 330 g/mol. The lowest BCUT2D eigenvalue weighted by atomic mass is 10.2. The number of nitrogens with zero attached hydrogens (tertiary/aromatic N) is 1. The van der Waals surface area contributed by atoms with Crippen molar-refractivity contribution in [2.45, 2.75) is 32.7 Å². The van der Waals surface area contributed by atoms with Gasteiger partial charge in [0.15, 0.2) is 11.5 Å². The summed E-state index contributed by atoms with van der Waals surface area (Å²) in [5, 5.41) is 0. The molecule has 0 spiro atoms. The van der Waals surface area contributed by atoms with Crippen molar-refractivity contribution in [3.63, 3.8) is 0 Å². The quantitative estimate of drug-likeness (QED) is 0.576. The lowest BCUT2D eigenvalue weighted by Crippen LogP contribution is -2.30. The van der Waals surface area contributed by atoms with Gasteiger partial charge in [0.1, 0.15) is 4.32 Å². The number of carbonyl (C=O) groups is 1. The van der Waals surface area contributed by atoms with Crippen LogP contribution in [0.5, 0.6) is 11.5 Å². The van der Waals surface area contributed by atoms with Crippen LogP contribution in [0.25, 0.3) is 6.08 Å². The van der Waals surface area contributed by atoms with E-state index in [0.717, 1.165) is 24.2 Å². The van der Waals surface area contributed by atoms with Crippen molar-refractivity contribution in [1.82, 2.24) is 4.90 Å². The van der Waals surface area contributed by atoms with Crippen molar-refractivity contribution < 1.29 is 14.3 Å². The van der Waals surface area contributed by atoms with Crippen molar-refractivity contribution in [1.29, 1.82) is 0 Å². The van der Waals surface area contributed by atoms with Gasteiger partial charge >= 0.3 is 0 Å². The Bertz CT molecular complexity index is 668. The topological polar surface area (TPSA) is 38.8 Å². The van der Waals surface area contributed by atoms with E-state index >= 15 is 0 Å². The molecule has 1 saturated carbocycles. The summed E-state index contributed by atoms with van der Waals surface area (Å²) in [5.74, 6) is 1.44. The molecule has 1 saturated heterocycles. The van der Waals surface area contributed by atoms with Crippen molar-refractivity contribution in [3.05, 3.63) is 28.7 Å². The first kappa shape index (κ1) is 16.3. The normalized spacial score (nSPS) is 19.6. The van der Waals surface area contributed by atoms with E-state index in [4.69, 9.17) is 21.7 Å². The van der Waals surface area contributed by atoms with Crippen LogP contribution in [0.15, 0.2) is 23.1 Å². The Kier molecular flexibility index (Phi) is 4.92. The molecule has 1 heterocycles. The monoisotopic (exact) mass is 349 g/mol. The Hall–Kier alpha value is -1.53. The Morgan fingerprint density at radius 3 is 2.61 bits per heavy atom. The third kappa shape index (κ3) is 3.53. The minimum Gasteiger partial charge on any atom is -0.490 e. The smallest absolute Gasteiger partial charge is 0.266 e. The Morgan fingerprint density at radius 1 is 1.26 bits per heavy atom. The van der Waals surface area contributed by atoms with Crippen molar-refractivity contribution >= 4 is 40.3 Å². The number of rotatable bonds is 6. The lowest BCUT2D eigenvalue weighted by molar-refractivity contribution is -0.122. The predicted molar refractivity (Wildman–Crippen MR) is 96.8 cm³/mol. The van der Waals surface area contributed by atoms with Gasteiger partial charge in [0.25, 0.3) is 5.91 Å². The number of hydrogen-bond donors (Lipinski definition) is 0. The minimum absolute atomic E-state index is 0.0225. The Labute approximate surface area is 145 Å². The molecule has 2 aliphatic rings. The summed E-state index contributed by atoms with van der Waals surface area (Å²) in [6, 6.07) is 6.02. The van der Waals surface area contributed by atoms with Gasteiger partial charge in [0, 0.05) is 6.04 Å². The maximum atomic E-state index is 12.5. The molecule has 0 radical (unpaired) electrons. The van der Waals surface area contributed by atoms with Crippen LogP contribution >= 0.6 is 24.0 Å². The zero-order valence-electron chi connectivity index (χ0n) is 13.2. The van der Waals surface area contributed by atoms with Gasteiger partial charge in [0.05, 0.1) is 18.1 Å². The molecule has 1 aromatic rings. The molecule has 0 unspecified atom stereocenters. The zero-order chi connectivity index (χ0) is 16.4. The van der Waals surface area contributed by atoms with E-state index in [2.05, 4.69) is 0 Å². The molecule has 2 fully saturated rings. The van der Waals surface area contributed by atoms with E-state index in [-0.39, 0.29) is 5.91 Å². The molecule has 0 aromatic heterocycles. The Morgan fingerprint density at radius 2 is 1.96 bits per heavy atom. The first-order chi connectivity index (χ1) is 11.1. The Balaban J connectivity index is 1.85. The molecular formula is C17H19NO3S2.